The number of carbonyl (C=O) groups excluding carboxylic acids is 1. The number of carbonyl (C=O) groups is 1. The fraction of sp³-hybridized carbons (Fsp3) is 0.545. The Morgan fingerprint density at radius 2 is 2.18 bits per heavy atom. The molecular formula is C22H27NO5. The Kier molecular flexibility index (Phi) is 5.15. The van der Waals surface area contributed by atoms with Crippen LogP contribution in [0.4, 0.5) is 0 Å². The lowest BCUT2D eigenvalue weighted by Crippen LogP contribution is -2.55. The number of benzene rings is 1. The summed E-state index contributed by atoms with van der Waals surface area (Å²) in [6.45, 7) is 3.10. The second-order valence-electron chi connectivity index (χ2n) is 8.03. The van der Waals surface area contributed by atoms with Gasteiger partial charge in [-0.05, 0) is 43.4 Å². The van der Waals surface area contributed by atoms with Crippen molar-refractivity contribution in [2.45, 2.75) is 51.0 Å². The maximum absolute atomic E-state index is 12.6. The van der Waals surface area contributed by atoms with Gasteiger partial charge in [0.05, 0.1) is 5.60 Å². The minimum absolute atomic E-state index is 0.0612. The molecule has 1 aromatic carbocycles. The molecule has 150 valence electrons. The highest BCUT2D eigenvalue weighted by Gasteiger charge is 2.43. The van der Waals surface area contributed by atoms with Crippen LogP contribution in [0.3, 0.4) is 0 Å². The molecular weight excluding hydrogens is 358 g/mol. The van der Waals surface area contributed by atoms with Gasteiger partial charge in [0.1, 0.15) is 11.3 Å². The number of amides is 1. The van der Waals surface area contributed by atoms with Gasteiger partial charge in [0.25, 0.3) is 5.91 Å². The van der Waals surface area contributed by atoms with Gasteiger partial charge in [0, 0.05) is 36.5 Å². The van der Waals surface area contributed by atoms with Crippen LogP contribution in [0.5, 0.6) is 5.75 Å². The van der Waals surface area contributed by atoms with E-state index in [9.17, 15) is 14.7 Å². The number of aliphatic hydroxyl groups is 1. The molecule has 28 heavy (non-hydrogen) atoms. The van der Waals surface area contributed by atoms with Crippen molar-refractivity contribution in [2.75, 3.05) is 19.7 Å². The summed E-state index contributed by atoms with van der Waals surface area (Å²) in [5.74, 6) is 0.598. The highest BCUT2D eigenvalue weighted by atomic mass is 16.5. The van der Waals surface area contributed by atoms with Crippen molar-refractivity contribution in [3.8, 4) is 5.75 Å². The number of piperidine rings is 1. The van der Waals surface area contributed by atoms with Crippen molar-refractivity contribution in [3.05, 3.63) is 40.2 Å². The molecule has 1 amide bonds. The SMILES string of the molecule is CCc1cc(=O)oc2cc(OCC(=O)N3CC[C@@]4(O)CCCC[C@@H]4C3)ccc12. The van der Waals surface area contributed by atoms with Gasteiger partial charge in [0.2, 0.25) is 0 Å². The summed E-state index contributed by atoms with van der Waals surface area (Å²) >= 11 is 0. The van der Waals surface area contributed by atoms with Crippen LogP contribution in [-0.2, 0) is 11.2 Å². The van der Waals surface area contributed by atoms with Gasteiger partial charge < -0.3 is 19.2 Å². The minimum Gasteiger partial charge on any atom is -0.484 e. The van der Waals surface area contributed by atoms with E-state index in [2.05, 4.69) is 0 Å². The molecule has 6 nitrogen and oxygen atoms in total. The van der Waals surface area contributed by atoms with Crippen LogP contribution in [0.1, 0.15) is 44.6 Å². The lowest BCUT2D eigenvalue weighted by molar-refractivity contribution is -0.145. The molecule has 1 saturated carbocycles. The fourth-order valence-corrected chi connectivity index (χ4v) is 4.63. The van der Waals surface area contributed by atoms with Crippen molar-refractivity contribution < 1.29 is 19.1 Å². The van der Waals surface area contributed by atoms with E-state index in [4.69, 9.17) is 9.15 Å². The molecule has 4 rings (SSSR count). The Labute approximate surface area is 164 Å². The standard InChI is InChI=1S/C22H27NO5/c1-2-15-11-21(25)28-19-12-17(6-7-18(15)19)27-14-20(24)23-10-9-22(26)8-4-3-5-16(22)13-23/h6-7,11-12,16,26H,2-5,8-10,13-14H2,1H3/t16-,22+/m1/s1. The number of rotatable bonds is 4. The third-order valence-corrected chi connectivity index (χ3v) is 6.33. The minimum atomic E-state index is -0.594. The summed E-state index contributed by atoms with van der Waals surface area (Å²) < 4.78 is 11.0. The molecule has 1 aliphatic heterocycles. The van der Waals surface area contributed by atoms with Crippen molar-refractivity contribution in [1.29, 1.82) is 0 Å². The summed E-state index contributed by atoms with van der Waals surface area (Å²) in [7, 11) is 0. The second kappa shape index (κ2) is 7.59. The average Bonchev–Trinajstić information content (AvgIpc) is 2.70. The van der Waals surface area contributed by atoms with E-state index >= 15 is 0 Å². The predicted molar refractivity (Wildman–Crippen MR) is 105 cm³/mol. The highest BCUT2D eigenvalue weighted by Crippen LogP contribution is 2.39. The van der Waals surface area contributed by atoms with Crippen molar-refractivity contribution in [1.82, 2.24) is 4.90 Å². The van der Waals surface area contributed by atoms with Crippen molar-refractivity contribution in [2.24, 2.45) is 5.92 Å². The topological polar surface area (TPSA) is 80.0 Å². The largest absolute Gasteiger partial charge is 0.484 e. The lowest BCUT2D eigenvalue weighted by atomic mass is 9.71. The molecule has 1 aliphatic carbocycles. The van der Waals surface area contributed by atoms with Crippen molar-refractivity contribution in [3.63, 3.8) is 0 Å². The Hall–Kier alpha value is -2.34. The van der Waals surface area contributed by atoms with Gasteiger partial charge >= 0.3 is 5.63 Å². The maximum Gasteiger partial charge on any atom is 0.336 e. The third-order valence-electron chi connectivity index (χ3n) is 6.33. The second-order valence-corrected chi connectivity index (χ2v) is 8.03. The molecule has 2 fully saturated rings. The van der Waals surface area contributed by atoms with E-state index in [1.807, 2.05) is 13.0 Å². The molecule has 0 spiro atoms. The van der Waals surface area contributed by atoms with Gasteiger partial charge in [-0.25, -0.2) is 4.79 Å². The number of ether oxygens (including phenoxy) is 1. The molecule has 1 N–H and O–H groups in total. The predicted octanol–water partition coefficient (Wildman–Crippen LogP) is 2.89. The molecule has 2 aromatic rings. The number of likely N-dealkylation sites (tertiary alicyclic amines) is 1. The third kappa shape index (κ3) is 3.65. The fourth-order valence-electron chi connectivity index (χ4n) is 4.63. The highest BCUT2D eigenvalue weighted by molar-refractivity contribution is 5.82. The summed E-state index contributed by atoms with van der Waals surface area (Å²) in [5.41, 5.74) is 0.426. The quantitative estimate of drug-likeness (QED) is 0.819. The zero-order chi connectivity index (χ0) is 19.7. The van der Waals surface area contributed by atoms with Crippen LogP contribution in [0.2, 0.25) is 0 Å². The average molecular weight is 385 g/mol. The van der Waals surface area contributed by atoms with Gasteiger partial charge in [-0.2, -0.15) is 0 Å². The van der Waals surface area contributed by atoms with E-state index < -0.39 is 5.60 Å². The van der Waals surface area contributed by atoms with Crippen LogP contribution in [0, 0.1) is 5.92 Å². The molecule has 1 aromatic heterocycles. The summed E-state index contributed by atoms with van der Waals surface area (Å²) in [6.07, 6.45) is 5.39. The smallest absolute Gasteiger partial charge is 0.336 e. The van der Waals surface area contributed by atoms with Crippen LogP contribution in [0.15, 0.2) is 33.5 Å². The first-order valence-corrected chi connectivity index (χ1v) is 10.2. The first kappa shape index (κ1) is 19.0. The molecule has 0 bridgehead atoms. The number of nitrogens with zero attached hydrogens (tertiary/aromatic N) is 1. The van der Waals surface area contributed by atoms with Crippen LogP contribution < -0.4 is 10.4 Å². The molecule has 0 radical (unpaired) electrons. The van der Waals surface area contributed by atoms with E-state index in [1.165, 1.54) is 6.07 Å². The number of aryl methyl sites for hydroxylation is 1. The van der Waals surface area contributed by atoms with Gasteiger partial charge in [-0.15, -0.1) is 0 Å². The zero-order valence-electron chi connectivity index (χ0n) is 16.3. The molecule has 0 unspecified atom stereocenters. The Morgan fingerprint density at radius 3 is 3.00 bits per heavy atom. The van der Waals surface area contributed by atoms with E-state index in [-0.39, 0.29) is 24.1 Å². The lowest BCUT2D eigenvalue weighted by Gasteiger charge is -2.47. The van der Waals surface area contributed by atoms with E-state index in [1.54, 1.807) is 17.0 Å². The van der Waals surface area contributed by atoms with Crippen LogP contribution in [-0.4, -0.2) is 41.2 Å². The summed E-state index contributed by atoms with van der Waals surface area (Å²) in [6, 6.07) is 6.83. The van der Waals surface area contributed by atoms with E-state index in [0.29, 0.717) is 30.8 Å². The van der Waals surface area contributed by atoms with Crippen LogP contribution >= 0.6 is 0 Å². The number of hydrogen-bond acceptors (Lipinski definition) is 5. The molecule has 2 heterocycles. The van der Waals surface area contributed by atoms with Gasteiger partial charge in [-0.1, -0.05) is 19.8 Å². The van der Waals surface area contributed by atoms with E-state index in [0.717, 1.165) is 43.1 Å². The molecule has 2 aliphatic rings. The first-order chi connectivity index (χ1) is 13.5. The molecule has 1 saturated heterocycles. The Balaban J connectivity index is 1.41. The molecule has 2 atom stereocenters. The molecule has 6 heteroatoms. The summed E-state index contributed by atoms with van der Waals surface area (Å²) in [4.78, 5) is 26.1. The van der Waals surface area contributed by atoms with Crippen molar-refractivity contribution >= 4 is 16.9 Å². The van der Waals surface area contributed by atoms with Gasteiger partial charge in [0.15, 0.2) is 6.61 Å². The normalized spacial score (nSPS) is 24.8. The van der Waals surface area contributed by atoms with Gasteiger partial charge in [-0.3, -0.25) is 4.79 Å². The first-order valence-electron chi connectivity index (χ1n) is 10.2. The number of hydrogen-bond donors (Lipinski definition) is 1. The number of fused-ring (bicyclic) bond motifs is 2. The Morgan fingerprint density at radius 1 is 1.32 bits per heavy atom. The monoisotopic (exact) mass is 385 g/mol. The zero-order valence-corrected chi connectivity index (χ0v) is 16.3. The maximum atomic E-state index is 12.6. The Bertz CT molecular complexity index is 936. The van der Waals surface area contributed by atoms with Crippen LogP contribution in [0.25, 0.3) is 11.0 Å². The summed E-state index contributed by atoms with van der Waals surface area (Å²) in [5, 5.41) is 11.6.